The largest absolute Gasteiger partial charge is 0.342 e. The summed E-state index contributed by atoms with van der Waals surface area (Å²) in [6.45, 7) is 4.34. The molecule has 33 heavy (non-hydrogen) atoms. The van der Waals surface area contributed by atoms with E-state index in [4.69, 9.17) is 34.8 Å². The second kappa shape index (κ2) is 11.6. The van der Waals surface area contributed by atoms with E-state index in [2.05, 4.69) is 36.8 Å². The van der Waals surface area contributed by atoms with Crippen LogP contribution >= 0.6 is 62.5 Å². The fourth-order valence-corrected chi connectivity index (χ4v) is 4.81. The first kappa shape index (κ1) is 25.8. The van der Waals surface area contributed by atoms with Crippen LogP contribution in [-0.2, 0) is 11.3 Å². The molecule has 1 aromatic heterocycles. The standard InChI is InChI=1S/C21H19BrCl3N5O2S/c1-3-30-19(11(2)26-20(32)12-6-4-5-7-13(12)22)28-29-21(30)33-10-18(31)27-17-9-15(24)14(23)8-16(17)25/h4-9,11H,3,10H2,1-2H3,(H,26,32)(H,27,31)/t11-/m1/s1. The minimum absolute atomic E-state index is 0.0758. The zero-order valence-corrected chi connectivity index (χ0v) is 22.2. The molecule has 0 radical (unpaired) electrons. The summed E-state index contributed by atoms with van der Waals surface area (Å²) in [4.78, 5) is 25.1. The third-order valence-corrected chi connectivity index (χ3v) is 7.22. The molecule has 12 heteroatoms. The lowest BCUT2D eigenvalue weighted by atomic mass is 10.2. The van der Waals surface area contributed by atoms with E-state index >= 15 is 0 Å². The number of carbonyl (C=O) groups excluding carboxylic acids is 2. The predicted molar refractivity (Wildman–Crippen MR) is 137 cm³/mol. The van der Waals surface area contributed by atoms with Crippen molar-refractivity contribution in [1.29, 1.82) is 0 Å². The zero-order valence-electron chi connectivity index (χ0n) is 17.5. The summed E-state index contributed by atoms with van der Waals surface area (Å²) in [7, 11) is 0. The Kier molecular flexibility index (Phi) is 9.06. The zero-order chi connectivity index (χ0) is 24.1. The van der Waals surface area contributed by atoms with Gasteiger partial charge in [0.15, 0.2) is 11.0 Å². The monoisotopic (exact) mass is 589 g/mol. The number of thioether (sulfide) groups is 1. The maximum absolute atomic E-state index is 12.6. The highest BCUT2D eigenvalue weighted by molar-refractivity contribution is 9.10. The Hall–Kier alpha value is -1.78. The van der Waals surface area contributed by atoms with Gasteiger partial charge in [0.05, 0.1) is 38.1 Å². The average Bonchev–Trinajstić information content (AvgIpc) is 3.19. The maximum Gasteiger partial charge on any atom is 0.253 e. The van der Waals surface area contributed by atoms with Gasteiger partial charge in [-0.25, -0.2) is 0 Å². The molecule has 3 rings (SSSR count). The summed E-state index contributed by atoms with van der Waals surface area (Å²) < 4.78 is 2.56. The van der Waals surface area contributed by atoms with Crippen LogP contribution in [0.4, 0.5) is 5.69 Å². The summed E-state index contributed by atoms with van der Waals surface area (Å²) in [5.74, 6) is 0.149. The number of aromatic nitrogens is 3. The summed E-state index contributed by atoms with van der Waals surface area (Å²) in [5.41, 5.74) is 0.900. The van der Waals surface area contributed by atoms with E-state index in [-0.39, 0.29) is 27.6 Å². The first-order valence-corrected chi connectivity index (χ1v) is 12.7. The molecule has 2 amide bonds. The third kappa shape index (κ3) is 6.42. The highest BCUT2D eigenvalue weighted by atomic mass is 79.9. The molecule has 3 aromatic rings. The first-order valence-electron chi connectivity index (χ1n) is 9.77. The second-order valence-electron chi connectivity index (χ2n) is 6.84. The summed E-state index contributed by atoms with van der Waals surface area (Å²) >= 11 is 22.6. The van der Waals surface area contributed by atoms with Gasteiger partial charge in [-0.3, -0.25) is 9.59 Å². The van der Waals surface area contributed by atoms with Gasteiger partial charge in [0.25, 0.3) is 5.91 Å². The molecule has 0 spiro atoms. The Morgan fingerprint density at radius 2 is 1.82 bits per heavy atom. The Bertz CT molecular complexity index is 1190. The van der Waals surface area contributed by atoms with Crippen LogP contribution < -0.4 is 10.6 Å². The van der Waals surface area contributed by atoms with E-state index in [1.165, 1.54) is 23.9 Å². The lowest BCUT2D eigenvalue weighted by Gasteiger charge is -2.15. The predicted octanol–water partition coefficient (Wildman–Crippen LogP) is 6.24. The molecule has 1 atom stereocenters. The van der Waals surface area contributed by atoms with Crippen molar-refractivity contribution in [3.8, 4) is 0 Å². The number of hydrogen-bond acceptors (Lipinski definition) is 5. The van der Waals surface area contributed by atoms with Crippen molar-refractivity contribution in [2.75, 3.05) is 11.1 Å². The summed E-state index contributed by atoms with van der Waals surface area (Å²) in [6, 6.07) is 9.75. The molecular formula is C21H19BrCl3N5O2S. The van der Waals surface area contributed by atoms with Crippen LogP contribution in [0.25, 0.3) is 0 Å². The van der Waals surface area contributed by atoms with E-state index in [9.17, 15) is 9.59 Å². The normalized spacial score (nSPS) is 11.8. The van der Waals surface area contributed by atoms with Crippen molar-refractivity contribution in [3.63, 3.8) is 0 Å². The molecule has 174 valence electrons. The molecule has 0 aliphatic rings. The Labute approximate surface area is 218 Å². The molecule has 0 fully saturated rings. The van der Waals surface area contributed by atoms with Crippen molar-refractivity contribution in [1.82, 2.24) is 20.1 Å². The lowest BCUT2D eigenvalue weighted by molar-refractivity contribution is -0.113. The molecule has 0 unspecified atom stereocenters. The number of anilines is 1. The fraction of sp³-hybridized carbons (Fsp3) is 0.238. The average molecular weight is 592 g/mol. The minimum atomic E-state index is -0.393. The SMILES string of the molecule is CCn1c(SCC(=O)Nc2cc(Cl)c(Cl)cc2Cl)nnc1[C@@H](C)NC(=O)c1ccccc1Br. The topological polar surface area (TPSA) is 88.9 Å². The number of rotatable bonds is 8. The van der Waals surface area contributed by atoms with Gasteiger partial charge in [-0.1, -0.05) is 58.7 Å². The Morgan fingerprint density at radius 3 is 2.52 bits per heavy atom. The van der Waals surface area contributed by atoms with E-state index in [0.717, 1.165) is 0 Å². The molecule has 0 saturated heterocycles. The van der Waals surface area contributed by atoms with Crippen molar-refractivity contribution >= 4 is 80.0 Å². The van der Waals surface area contributed by atoms with Crippen molar-refractivity contribution in [3.05, 3.63) is 67.3 Å². The minimum Gasteiger partial charge on any atom is -0.342 e. The second-order valence-corrected chi connectivity index (χ2v) is 9.86. The highest BCUT2D eigenvalue weighted by Gasteiger charge is 2.21. The molecule has 7 nitrogen and oxygen atoms in total. The van der Waals surface area contributed by atoms with Gasteiger partial charge >= 0.3 is 0 Å². The molecule has 1 heterocycles. The Morgan fingerprint density at radius 1 is 1.12 bits per heavy atom. The van der Waals surface area contributed by atoms with E-state index in [1.807, 2.05) is 24.5 Å². The van der Waals surface area contributed by atoms with Crippen LogP contribution in [-0.4, -0.2) is 32.3 Å². The Balaban J connectivity index is 1.65. The van der Waals surface area contributed by atoms with Crippen molar-refractivity contribution in [2.45, 2.75) is 31.6 Å². The van der Waals surface area contributed by atoms with Crippen molar-refractivity contribution < 1.29 is 9.59 Å². The van der Waals surface area contributed by atoms with Crippen LogP contribution in [0.5, 0.6) is 0 Å². The van der Waals surface area contributed by atoms with Crippen LogP contribution in [0, 0.1) is 0 Å². The number of nitrogens with one attached hydrogen (secondary N) is 2. The highest BCUT2D eigenvalue weighted by Crippen LogP contribution is 2.32. The first-order chi connectivity index (χ1) is 15.7. The maximum atomic E-state index is 12.6. The molecule has 2 N–H and O–H groups in total. The van der Waals surface area contributed by atoms with Gasteiger partial charge < -0.3 is 15.2 Å². The number of halogens is 4. The molecule has 0 aliphatic carbocycles. The van der Waals surface area contributed by atoms with Crippen LogP contribution in [0.15, 0.2) is 46.0 Å². The lowest BCUT2D eigenvalue weighted by Crippen LogP contribution is -2.29. The summed E-state index contributed by atoms with van der Waals surface area (Å²) in [6.07, 6.45) is 0. The van der Waals surface area contributed by atoms with Gasteiger partial charge in [0.1, 0.15) is 0 Å². The van der Waals surface area contributed by atoms with E-state index < -0.39 is 6.04 Å². The molecule has 0 saturated carbocycles. The fourth-order valence-electron chi connectivity index (χ4n) is 2.94. The van der Waals surface area contributed by atoms with Gasteiger partial charge in [0.2, 0.25) is 5.91 Å². The molecule has 0 bridgehead atoms. The number of benzene rings is 2. The number of nitrogens with zero attached hydrogens (tertiary/aromatic N) is 3. The summed E-state index contributed by atoms with van der Waals surface area (Å²) in [5, 5.41) is 15.5. The number of amides is 2. The molecule has 0 aliphatic heterocycles. The van der Waals surface area contributed by atoms with Gasteiger partial charge in [-0.15, -0.1) is 10.2 Å². The van der Waals surface area contributed by atoms with E-state index in [1.54, 1.807) is 18.2 Å². The third-order valence-electron chi connectivity index (χ3n) is 4.53. The quantitative estimate of drug-likeness (QED) is 0.239. The number of carbonyl (C=O) groups is 2. The molecular weight excluding hydrogens is 573 g/mol. The van der Waals surface area contributed by atoms with E-state index in [0.29, 0.717) is 38.3 Å². The smallest absolute Gasteiger partial charge is 0.253 e. The van der Waals surface area contributed by atoms with Crippen molar-refractivity contribution in [2.24, 2.45) is 0 Å². The molecule has 2 aromatic carbocycles. The van der Waals surface area contributed by atoms with Gasteiger partial charge in [0, 0.05) is 11.0 Å². The number of hydrogen-bond donors (Lipinski definition) is 2. The van der Waals surface area contributed by atoms with Crippen LogP contribution in [0.1, 0.15) is 36.1 Å². The van der Waals surface area contributed by atoms with Crippen LogP contribution in [0.2, 0.25) is 15.1 Å². The van der Waals surface area contributed by atoms with Crippen LogP contribution in [0.3, 0.4) is 0 Å². The van der Waals surface area contributed by atoms with Gasteiger partial charge in [-0.2, -0.15) is 0 Å². The van der Waals surface area contributed by atoms with Gasteiger partial charge in [-0.05, 0) is 54.0 Å².